The first kappa shape index (κ1) is 17.9. The molecule has 3 rings (SSSR count). The van der Waals surface area contributed by atoms with Crippen molar-refractivity contribution in [3.05, 3.63) is 65.0 Å². The second kappa shape index (κ2) is 6.78. The summed E-state index contributed by atoms with van der Waals surface area (Å²) in [5, 5.41) is 14.8. The Morgan fingerprint density at radius 3 is 2.46 bits per heavy atom. The van der Waals surface area contributed by atoms with Crippen LogP contribution in [0.2, 0.25) is 0 Å². The van der Waals surface area contributed by atoms with Crippen LogP contribution in [0.15, 0.2) is 47.6 Å². The number of carbonyl (C=O) groups is 1. The maximum Gasteiger partial charge on any atom is 0.416 e. The van der Waals surface area contributed by atoms with Crippen molar-refractivity contribution in [3.63, 3.8) is 0 Å². The number of nitrogens with zero attached hydrogens (tertiary/aromatic N) is 2. The summed E-state index contributed by atoms with van der Waals surface area (Å²) >= 11 is 0. The van der Waals surface area contributed by atoms with E-state index >= 15 is 0 Å². The Kier molecular flexibility index (Phi) is 4.67. The Hall–Kier alpha value is -2.90. The van der Waals surface area contributed by atoms with Crippen LogP contribution in [0.1, 0.15) is 29.2 Å². The number of hydrazone groups is 1. The number of halogens is 4. The Labute approximate surface area is 146 Å². The molecule has 0 spiro atoms. The molecule has 0 bridgehead atoms. The molecule has 0 aliphatic carbocycles. The van der Waals surface area contributed by atoms with Crippen LogP contribution in [-0.4, -0.2) is 28.7 Å². The van der Waals surface area contributed by atoms with Crippen molar-refractivity contribution < 1.29 is 27.5 Å². The van der Waals surface area contributed by atoms with Crippen molar-refractivity contribution >= 4 is 12.0 Å². The average Bonchev–Trinajstić information content (AvgIpc) is 3.06. The van der Waals surface area contributed by atoms with Gasteiger partial charge in [0.05, 0.1) is 11.3 Å². The van der Waals surface area contributed by atoms with Gasteiger partial charge in [-0.05, 0) is 47.5 Å². The van der Waals surface area contributed by atoms with Gasteiger partial charge < -0.3 is 9.90 Å². The number of hydrogen-bond acceptors (Lipinski definition) is 4. The van der Waals surface area contributed by atoms with E-state index in [4.69, 9.17) is 0 Å². The van der Waals surface area contributed by atoms with Gasteiger partial charge in [-0.15, -0.1) is 0 Å². The molecule has 0 aromatic heterocycles. The normalized spacial score (nSPS) is 15.7. The topological polar surface area (TPSA) is 52.9 Å². The van der Waals surface area contributed by atoms with Crippen LogP contribution in [0.25, 0.3) is 0 Å². The summed E-state index contributed by atoms with van der Waals surface area (Å²) in [5.74, 6) is -0.948. The quantitative estimate of drug-likeness (QED) is 0.660. The third-order valence-corrected chi connectivity index (χ3v) is 4.12. The van der Waals surface area contributed by atoms with Crippen molar-refractivity contribution in [3.8, 4) is 5.75 Å². The van der Waals surface area contributed by atoms with Crippen molar-refractivity contribution in [2.45, 2.75) is 18.6 Å². The lowest BCUT2D eigenvalue weighted by atomic mass is 10.00. The lowest BCUT2D eigenvalue weighted by molar-refractivity contribution is -0.139. The van der Waals surface area contributed by atoms with Gasteiger partial charge in [-0.3, -0.25) is 5.01 Å². The number of aldehydes is 1. The highest BCUT2D eigenvalue weighted by molar-refractivity contribution is 6.01. The highest BCUT2D eigenvalue weighted by Crippen LogP contribution is 2.37. The van der Waals surface area contributed by atoms with E-state index in [2.05, 4.69) is 5.10 Å². The molecule has 0 radical (unpaired) electrons. The van der Waals surface area contributed by atoms with E-state index in [9.17, 15) is 27.5 Å². The molecular formula is C18H14F4N2O2. The van der Waals surface area contributed by atoms with Gasteiger partial charge >= 0.3 is 6.18 Å². The number of alkyl halides is 3. The van der Waals surface area contributed by atoms with E-state index in [1.807, 2.05) is 0 Å². The number of hydrogen-bond donors (Lipinski definition) is 1. The zero-order chi connectivity index (χ0) is 18.9. The smallest absolute Gasteiger partial charge is 0.416 e. The fraction of sp³-hybridized carbons (Fsp3) is 0.222. The molecule has 1 atom stereocenters. The standard InChI is InChI=1S/C18H14F4N2O2/c19-12-3-6-14(15(9-12)18(20,21)22)17(10-25)24-8-7-16(23-24)11-1-4-13(26)5-2-11/h1-6,9-10,17,26H,7-8H2. The molecule has 4 nitrogen and oxygen atoms in total. The van der Waals surface area contributed by atoms with E-state index in [-0.39, 0.29) is 17.9 Å². The highest BCUT2D eigenvalue weighted by Gasteiger charge is 2.37. The lowest BCUT2D eigenvalue weighted by Crippen LogP contribution is -2.25. The number of rotatable bonds is 4. The van der Waals surface area contributed by atoms with Crippen LogP contribution in [0.4, 0.5) is 17.6 Å². The van der Waals surface area contributed by atoms with Crippen molar-refractivity contribution in [1.29, 1.82) is 0 Å². The largest absolute Gasteiger partial charge is 0.508 e. The molecule has 0 saturated heterocycles. The highest BCUT2D eigenvalue weighted by atomic mass is 19.4. The summed E-state index contributed by atoms with van der Waals surface area (Å²) in [5.41, 5.74) is -0.245. The Bertz CT molecular complexity index is 847. The zero-order valence-electron chi connectivity index (χ0n) is 13.4. The summed E-state index contributed by atoms with van der Waals surface area (Å²) in [7, 11) is 0. The molecule has 0 saturated carbocycles. The Morgan fingerprint density at radius 1 is 1.15 bits per heavy atom. The number of phenolic OH excluding ortho intramolecular Hbond substituents is 1. The molecule has 0 amide bonds. The molecule has 1 unspecified atom stereocenters. The molecule has 0 fully saturated rings. The van der Waals surface area contributed by atoms with Gasteiger partial charge in [-0.25, -0.2) is 4.39 Å². The van der Waals surface area contributed by atoms with Crippen LogP contribution >= 0.6 is 0 Å². The molecule has 26 heavy (non-hydrogen) atoms. The van der Waals surface area contributed by atoms with Gasteiger partial charge in [0.1, 0.15) is 23.9 Å². The fourth-order valence-corrected chi connectivity index (χ4v) is 2.87. The summed E-state index contributed by atoms with van der Waals surface area (Å²) in [4.78, 5) is 11.5. The summed E-state index contributed by atoms with van der Waals surface area (Å²) in [6.07, 6.45) is -3.99. The second-order valence-corrected chi connectivity index (χ2v) is 5.82. The van der Waals surface area contributed by atoms with E-state index in [1.165, 1.54) is 17.1 Å². The predicted molar refractivity (Wildman–Crippen MR) is 86.2 cm³/mol. The minimum Gasteiger partial charge on any atom is -0.508 e. The first-order valence-corrected chi connectivity index (χ1v) is 7.75. The van der Waals surface area contributed by atoms with Crippen molar-refractivity contribution in [1.82, 2.24) is 5.01 Å². The van der Waals surface area contributed by atoms with Gasteiger partial charge in [-0.1, -0.05) is 6.07 Å². The lowest BCUT2D eigenvalue weighted by Gasteiger charge is -2.24. The monoisotopic (exact) mass is 366 g/mol. The van der Waals surface area contributed by atoms with Gasteiger partial charge in [-0.2, -0.15) is 18.3 Å². The molecular weight excluding hydrogens is 352 g/mol. The summed E-state index contributed by atoms with van der Waals surface area (Å²) < 4.78 is 53.0. The minimum absolute atomic E-state index is 0.0797. The zero-order valence-corrected chi connectivity index (χ0v) is 13.4. The predicted octanol–water partition coefficient (Wildman–Crippen LogP) is 3.90. The van der Waals surface area contributed by atoms with Gasteiger partial charge in [0.15, 0.2) is 0 Å². The van der Waals surface area contributed by atoms with Crippen LogP contribution in [0.3, 0.4) is 0 Å². The van der Waals surface area contributed by atoms with Crippen LogP contribution < -0.4 is 0 Å². The van der Waals surface area contributed by atoms with Crippen LogP contribution in [0, 0.1) is 5.82 Å². The van der Waals surface area contributed by atoms with E-state index in [0.29, 0.717) is 30.0 Å². The molecule has 2 aromatic rings. The molecule has 1 N–H and O–H groups in total. The van der Waals surface area contributed by atoms with Gasteiger partial charge in [0, 0.05) is 13.0 Å². The maximum absolute atomic E-state index is 13.3. The van der Waals surface area contributed by atoms with Crippen molar-refractivity contribution in [2.24, 2.45) is 5.10 Å². The fourth-order valence-electron chi connectivity index (χ4n) is 2.87. The number of phenols is 1. The molecule has 2 aromatic carbocycles. The molecule has 1 heterocycles. The SMILES string of the molecule is O=CC(c1ccc(F)cc1C(F)(F)F)N1CCC(c2ccc(O)cc2)=N1. The minimum atomic E-state index is -4.79. The third kappa shape index (κ3) is 3.54. The second-order valence-electron chi connectivity index (χ2n) is 5.82. The van der Waals surface area contributed by atoms with Crippen LogP contribution in [0.5, 0.6) is 5.75 Å². The van der Waals surface area contributed by atoms with Crippen molar-refractivity contribution in [2.75, 3.05) is 6.54 Å². The average molecular weight is 366 g/mol. The molecule has 136 valence electrons. The van der Waals surface area contributed by atoms with Gasteiger partial charge in [0.2, 0.25) is 0 Å². The summed E-state index contributed by atoms with van der Waals surface area (Å²) in [6, 6.07) is 7.17. The van der Waals surface area contributed by atoms with Gasteiger partial charge in [0.25, 0.3) is 0 Å². The maximum atomic E-state index is 13.3. The third-order valence-electron chi connectivity index (χ3n) is 4.12. The molecule has 1 aliphatic rings. The number of carbonyl (C=O) groups excluding carboxylic acids is 1. The molecule has 1 aliphatic heterocycles. The first-order valence-electron chi connectivity index (χ1n) is 7.75. The van der Waals surface area contributed by atoms with E-state index in [0.717, 1.165) is 12.1 Å². The number of aromatic hydroxyl groups is 1. The van der Waals surface area contributed by atoms with E-state index in [1.54, 1.807) is 12.1 Å². The Morgan fingerprint density at radius 2 is 1.85 bits per heavy atom. The van der Waals surface area contributed by atoms with E-state index < -0.39 is 23.6 Å². The Balaban J connectivity index is 1.96. The van der Waals surface area contributed by atoms with Crippen LogP contribution in [-0.2, 0) is 11.0 Å². The first-order chi connectivity index (χ1) is 12.3. The number of benzene rings is 2. The summed E-state index contributed by atoms with van der Waals surface area (Å²) in [6.45, 7) is 0.244. The molecule has 8 heteroatoms.